The van der Waals surface area contributed by atoms with Crippen molar-refractivity contribution < 1.29 is 4.79 Å². The molecule has 1 unspecified atom stereocenters. The normalized spacial score (nSPS) is 16.4. The standard InChI is InChI=1S/C24H19BrN2O/c25-21-13-7-12-20(16-21)23-17-22(19-10-5-2-6-11-19)26-27(23)24(28)15-14-18-8-3-1-4-9-18/h1-16,23H,17H2. The van der Waals surface area contributed by atoms with Crippen molar-refractivity contribution in [3.8, 4) is 0 Å². The first-order valence-corrected chi connectivity index (χ1v) is 9.95. The van der Waals surface area contributed by atoms with Crippen LogP contribution in [0, 0.1) is 0 Å². The third-order valence-corrected chi connectivity index (χ3v) is 5.19. The lowest BCUT2D eigenvalue weighted by atomic mass is 9.98. The van der Waals surface area contributed by atoms with Crippen molar-refractivity contribution in [2.75, 3.05) is 0 Å². The summed E-state index contributed by atoms with van der Waals surface area (Å²) < 4.78 is 0.991. The molecular formula is C24H19BrN2O. The Labute approximate surface area is 173 Å². The molecule has 0 N–H and O–H groups in total. The molecule has 0 aliphatic carbocycles. The molecule has 0 fully saturated rings. The van der Waals surface area contributed by atoms with Gasteiger partial charge in [-0.3, -0.25) is 4.79 Å². The Morgan fingerprint density at radius 3 is 2.39 bits per heavy atom. The average Bonchev–Trinajstić information content (AvgIpc) is 3.19. The second kappa shape index (κ2) is 8.36. The second-order valence-corrected chi connectivity index (χ2v) is 7.53. The maximum Gasteiger partial charge on any atom is 0.267 e. The van der Waals surface area contributed by atoms with Crippen molar-refractivity contribution in [2.45, 2.75) is 12.5 Å². The van der Waals surface area contributed by atoms with Crippen LogP contribution in [-0.2, 0) is 4.79 Å². The van der Waals surface area contributed by atoms with Gasteiger partial charge in [-0.2, -0.15) is 5.10 Å². The predicted molar refractivity (Wildman–Crippen MR) is 117 cm³/mol. The van der Waals surface area contributed by atoms with Gasteiger partial charge in [-0.1, -0.05) is 88.7 Å². The van der Waals surface area contributed by atoms with Crippen LogP contribution in [0.3, 0.4) is 0 Å². The first-order chi connectivity index (χ1) is 13.7. The van der Waals surface area contributed by atoms with E-state index in [0.717, 1.165) is 26.9 Å². The summed E-state index contributed by atoms with van der Waals surface area (Å²) in [6.45, 7) is 0. The molecule has 1 aliphatic rings. The topological polar surface area (TPSA) is 32.7 Å². The van der Waals surface area contributed by atoms with Gasteiger partial charge in [0.15, 0.2) is 0 Å². The van der Waals surface area contributed by atoms with Gasteiger partial charge in [0, 0.05) is 17.0 Å². The van der Waals surface area contributed by atoms with Crippen LogP contribution in [0.4, 0.5) is 0 Å². The summed E-state index contributed by atoms with van der Waals surface area (Å²) in [4.78, 5) is 13.0. The van der Waals surface area contributed by atoms with Crippen molar-refractivity contribution in [1.82, 2.24) is 5.01 Å². The Morgan fingerprint density at radius 1 is 0.964 bits per heavy atom. The Morgan fingerprint density at radius 2 is 1.68 bits per heavy atom. The summed E-state index contributed by atoms with van der Waals surface area (Å²) in [6.07, 6.45) is 4.11. The molecule has 0 radical (unpaired) electrons. The molecule has 0 spiro atoms. The molecule has 4 rings (SSSR count). The van der Waals surface area contributed by atoms with E-state index < -0.39 is 0 Å². The fraction of sp³-hybridized carbons (Fsp3) is 0.0833. The van der Waals surface area contributed by atoms with Gasteiger partial charge in [-0.25, -0.2) is 5.01 Å². The van der Waals surface area contributed by atoms with Crippen LogP contribution < -0.4 is 0 Å². The minimum Gasteiger partial charge on any atom is -0.268 e. The zero-order valence-corrected chi connectivity index (χ0v) is 16.8. The number of hydrazone groups is 1. The van der Waals surface area contributed by atoms with Crippen molar-refractivity contribution in [1.29, 1.82) is 0 Å². The van der Waals surface area contributed by atoms with Crippen molar-refractivity contribution in [3.63, 3.8) is 0 Å². The number of hydrogen-bond acceptors (Lipinski definition) is 2. The number of carbonyl (C=O) groups is 1. The Bertz CT molecular complexity index is 1030. The van der Waals surface area contributed by atoms with Gasteiger partial charge < -0.3 is 0 Å². The third kappa shape index (κ3) is 4.12. The van der Waals surface area contributed by atoms with E-state index in [1.54, 1.807) is 11.1 Å². The highest BCUT2D eigenvalue weighted by Gasteiger charge is 2.32. The summed E-state index contributed by atoms with van der Waals surface area (Å²) in [6, 6.07) is 27.8. The smallest absolute Gasteiger partial charge is 0.267 e. The van der Waals surface area contributed by atoms with E-state index in [1.807, 2.05) is 84.9 Å². The lowest BCUT2D eigenvalue weighted by molar-refractivity contribution is -0.127. The SMILES string of the molecule is O=C(C=Cc1ccccc1)N1N=C(c2ccccc2)CC1c1cccc(Br)c1. The number of amides is 1. The van der Waals surface area contributed by atoms with Gasteiger partial charge in [0.1, 0.15) is 0 Å². The van der Waals surface area contributed by atoms with Crippen LogP contribution in [0.1, 0.15) is 29.2 Å². The van der Waals surface area contributed by atoms with E-state index in [1.165, 1.54) is 0 Å². The number of hydrogen-bond donors (Lipinski definition) is 0. The summed E-state index contributed by atoms with van der Waals surface area (Å²) in [5.74, 6) is -0.125. The fourth-order valence-corrected chi connectivity index (χ4v) is 3.72. The molecule has 1 heterocycles. The van der Waals surface area contributed by atoms with Crippen LogP contribution in [-0.4, -0.2) is 16.6 Å². The molecule has 1 aliphatic heterocycles. The van der Waals surface area contributed by atoms with E-state index in [-0.39, 0.29) is 11.9 Å². The largest absolute Gasteiger partial charge is 0.268 e. The molecule has 0 saturated heterocycles. The first kappa shape index (κ1) is 18.4. The molecule has 138 valence electrons. The van der Waals surface area contributed by atoms with Gasteiger partial charge in [0.05, 0.1) is 11.8 Å². The molecule has 28 heavy (non-hydrogen) atoms. The molecule has 0 aromatic heterocycles. The zero-order valence-electron chi connectivity index (χ0n) is 15.2. The lowest BCUT2D eigenvalue weighted by Crippen LogP contribution is -2.25. The summed E-state index contributed by atoms with van der Waals surface area (Å²) in [5.41, 5.74) is 4.02. The van der Waals surface area contributed by atoms with Gasteiger partial charge in [-0.15, -0.1) is 0 Å². The highest BCUT2D eigenvalue weighted by molar-refractivity contribution is 9.10. The van der Waals surface area contributed by atoms with E-state index in [0.29, 0.717) is 6.42 Å². The van der Waals surface area contributed by atoms with Crippen LogP contribution in [0.15, 0.2) is 101 Å². The molecule has 0 saturated carbocycles. The molecule has 0 bridgehead atoms. The van der Waals surface area contributed by atoms with Crippen LogP contribution in [0.5, 0.6) is 0 Å². The zero-order chi connectivity index (χ0) is 19.3. The average molecular weight is 431 g/mol. The predicted octanol–water partition coefficient (Wildman–Crippen LogP) is 5.84. The molecule has 3 aromatic rings. The molecule has 1 atom stereocenters. The number of rotatable bonds is 4. The van der Waals surface area contributed by atoms with Crippen LogP contribution in [0.25, 0.3) is 6.08 Å². The number of halogens is 1. The molecular weight excluding hydrogens is 412 g/mol. The van der Waals surface area contributed by atoms with Crippen molar-refractivity contribution in [3.05, 3.63) is 112 Å². The van der Waals surface area contributed by atoms with E-state index in [4.69, 9.17) is 5.10 Å². The van der Waals surface area contributed by atoms with Crippen LogP contribution in [0.2, 0.25) is 0 Å². The molecule has 4 heteroatoms. The minimum atomic E-state index is -0.125. The van der Waals surface area contributed by atoms with E-state index in [2.05, 4.69) is 22.0 Å². The van der Waals surface area contributed by atoms with Gasteiger partial charge >= 0.3 is 0 Å². The maximum absolute atomic E-state index is 13.0. The van der Waals surface area contributed by atoms with Crippen molar-refractivity contribution >= 4 is 33.6 Å². The number of carbonyl (C=O) groups excluding carboxylic acids is 1. The van der Waals surface area contributed by atoms with Crippen molar-refractivity contribution in [2.24, 2.45) is 5.10 Å². The monoisotopic (exact) mass is 430 g/mol. The third-order valence-electron chi connectivity index (χ3n) is 4.69. The first-order valence-electron chi connectivity index (χ1n) is 9.15. The highest BCUT2D eigenvalue weighted by atomic mass is 79.9. The van der Waals surface area contributed by atoms with Gasteiger partial charge in [0.25, 0.3) is 5.91 Å². The maximum atomic E-state index is 13.0. The number of benzene rings is 3. The molecule has 3 nitrogen and oxygen atoms in total. The quantitative estimate of drug-likeness (QED) is 0.478. The van der Waals surface area contributed by atoms with Crippen LogP contribution >= 0.6 is 15.9 Å². The second-order valence-electron chi connectivity index (χ2n) is 6.61. The number of nitrogens with zero attached hydrogens (tertiary/aromatic N) is 2. The van der Waals surface area contributed by atoms with Gasteiger partial charge in [-0.05, 0) is 34.9 Å². The Kier molecular flexibility index (Phi) is 5.49. The summed E-state index contributed by atoms with van der Waals surface area (Å²) in [7, 11) is 0. The van der Waals surface area contributed by atoms with E-state index >= 15 is 0 Å². The van der Waals surface area contributed by atoms with Gasteiger partial charge in [0.2, 0.25) is 0 Å². The lowest BCUT2D eigenvalue weighted by Gasteiger charge is -2.21. The summed E-state index contributed by atoms with van der Waals surface area (Å²) >= 11 is 3.53. The Hall–Kier alpha value is -2.98. The minimum absolute atomic E-state index is 0.124. The fourth-order valence-electron chi connectivity index (χ4n) is 3.30. The summed E-state index contributed by atoms with van der Waals surface area (Å²) in [5, 5.41) is 6.29. The Balaban J connectivity index is 1.65. The highest BCUT2D eigenvalue weighted by Crippen LogP contribution is 2.34. The molecule has 3 aromatic carbocycles. The van der Waals surface area contributed by atoms with E-state index in [9.17, 15) is 4.79 Å². The molecule has 1 amide bonds.